The van der Waals surface area contributed by atoms with Crippen molar-refractivity contribution in [2.75, 3.05) is 6.54 Å². The van der Waals surface area contributed by atoms with Gasteiger partial charge in [-0.25, -0.2) is 0 Å². The van der Waals surface area contributed by atoms with Gasteiger partial charge in [0.2, 0.25) is 5.91 Å². The molecule has 0 unspecified atom stereocenters. The minimum absolute atomic E-state index is 0.0831. The lowest BCUT2D eigenvalue weighted by molar-refractivity contribution is -0.119. The Bertz CT molecular complexity index is 390. The SMILES string of the molecule is CCNC(=S)NC(=O)Cc1ccccc1C. The second-order valence-electron chi connectivity index (χ2n) is 3.51. The Labute approximate surface area is 101 Å². The molecule has 2 N–H and O–H groups in total. The predicted octanol–water partition coefficient (Wildman–Crippen LogP) is 1.55. The van der Waals surface area contributed by atoms with Crippen LogP contribution in [0.25, 0.3) is 0 Å². The first-order chi connectivity index (χ1) is 7.63. The predicted molar refractivity (Wildman–Crippen MR) is 69.3 cm³/mol. The van der Waals surface area contributed by atoms with Crippen molar-refractivity contribution in [1.29, 1.82) is 0 Å². The second kappa shape index (κ2) is 6.23. The van der Waals surface area contributed by atoms with E-state index < -0.39 is 0 Å². The average Bonchev–Trinajstić information content (AvgIpc) is 2.21. The fourth-order valence-electron chi connectivity index (χ4n) is 1.36. The van der Waals surface area contributed by atoms with Crippen LogP contribution in [0.15, 0.2) is 24.3 Å². The summed E-state index contributed by atoms with van der Waals surface area (Å²) in [5, 5.41) is 5.90. The Hall–Kier alpha value is -1.42. The molecule has 0 aliphatic rings. The first kappa shape index (κ1) is 12.6. The molecule has 0 aliphatic carbocycles. The maximum Gasteiger partial charge on any atom is 0.230 e. The number of amides is 1. The fraction of sp³-hybridized carbons (Fsp3) is 0.333. The second-order valence-corrected chi connectivity index (χ2v) is 3.92. The van der Waals surface area contributed by atoms with E-state index in [9.17, 15) is 4.79 Å². The number of thiocarbonyl (C=S) groups is 1. The van der Waals surface area contributed by atoms with E-state index in [2.05, 4.69) is 10.6 Å². The molecule has 0 spiro atoms. The molecule has 1 rings (SSSR count). The lowest BCUT2D eigenvalue weighted by Crippen LogP contribution is -2.39. The van der Waals surface area contributed by atoms with E-state index in [1.807, 2.05) is 38.1 Å². The molecule has 1 amide bonds. The van der Waals surface area contributed by atoms with Gasteiger partial charge in [0.1, 0.15) is 0 Å². The Morgan fingerprint density at radius 3 is 2.69 bits per heavy atom. The number of rotatable bonds is 3. The summed E-state index contributed by atoms with van der Waals surface area (Å²) in [7, 11) is 0. The van der Waals surface area contributed by atoms with Crippen LogP contribution in [0.2, 0.25) is 0 Å². The van der Waals surface area contributed by atoms with Crippen molar-refractivity contribution in [1.82, 2.24) is 10.6 Å². The lowest BCUT2D eigenvalue weighted by atomic mass is 10.1. The maximum absolute atomic E-state index is 11.6. The first-order valence-corrected chi connectivity index (χ1v) is 5.66. The monoisotopic (exact) mass is 236 g/mol. The summed E-state index contributed by atoms with van der Waals surface area (Å²) in [5.74, 6) is -0.0831. The van der Waals surface area contributed by atoms with Crippen LogP contribution < -0.4 is 10.6 Å². The summed E-state index contributed by atoms with van der Waals surface area (Å²) in [5.41, 5.74) is 2.14. The zero-order valence-electron chi connectivity index (χ0n) is 9.54. The third kappa shape index (κ3) is 3.98. The highest BCUT2D eigenvalue weighted by Crippen LogP contribution is 2.07. The molecule has 0 aromatic heterocycles. The molecule has 0 heterocycles. The molecule has 0 radical (unpaired) electrons. The van der Waals surface area contributed by atoms with Crippen LogP contribution >= 0.6 is 12.2 Å². The van der Waals surface area contributed by atoms with E-state index in [0.717, 1.165) is 11.1 Å². The molecule has 0 saturated heterocycles. The molecular formula is C12H16N2OS. The van der Waals surface area contributed by atoms with Crippen molar-refractivity contribution >= 4 is 23.2 Å². The van der Waals surface area contributed by atoms with Crippen LogP contribution in [-0.2, 0) is 11.2 Å². The molecule has 0 bridgehead atoms. The summed E-state index contributed by atoms with van der Waals surface area (Å²) in [4.78, 5) is 11.6. The minimum atomic E-state index is -0.0831. The van der Waals surface area contributed by atoms with Gasteiger partial charge in [0.25, 0.3) is 0 Å². The summed E-state index contributed by atoms with van der Waals surface area (Å²) < 4.78 is 0. The molecule has 1 aromatic rings. The molecule has 16 heavy (non-hydrogen) atoms. The van der Waals surface area contributed by atoms with Crippen LogP contribution in [-0.4, -0.2) is 17.6 Å². The van der Waals surface area contributed by atoms with Crippen LogP contribution in [0, 0.1) is 6.92 Å². The number of hydrogen-bond acceptors (Lipinski definition) is 2. The van der Waals surface area contributed by atoms with E-state index in [1.54, 1.807) is 0 Å². The number of aryl methyl sites for hydroxylation is 1. The van der Waals surface area contributed by atoms with Gasteiger partial charge in [0, 0.05) is 6.54 Å². The zero-order valence-corrected chi connectivity index (χ0v) is 10.4. The van der Waals surface area contributed by atoms with Gasteiger partial charge in [-0.15, -0.1) is 0 Å². The molecular weight excluding hydrogens is 220 g/mol. The van der Waals surface area contributed by atoms with Gasteiger partial charge in [-0.05, 0) is 37.2 Å². The molecule has 4 heteroatoms. The van der Waals surface area contributed by atoms with Crippen molar-refractivity contribution in [3.8, 4) is 0 Å². The van der Waals surface area contributed by atoms with E-state index in [0.29, 0.717) is 18.1 Å². The highest BCUT2D eigenvalue weighted by atomic mass is 32.1. The van der Waals surface area contributed by atoms with Crippen LogP contribution in [0.3, 0.4) is 0 Å². The van der Waals surface area contributed by atoms with Gasteiger partial charge in [0.15, 0.2) is 5.11 Å². The van der Waals surface area contributed by atoms with Crippen LogP contribution in [0.4, 0.5) is 0 Å². The summed E-state index contributed by atoms with van der Waals surface area (Å²) in [6, 6.07) is 7.83. The molecule has 86 valence electrons. The largest absolute Gasteiger partial charge is 0.363 e. The Morgan fingerprint density at radius 2 is 2.06 bits per heavy atom. The smallest absolute Gasteiger partial charge is 0.230 e. The molecule has 0 fully saturated rings. The molecule has 1 aromatic carbocycles. The topological polar surface area (TPSA) is 41.1 Å². The first-order valence-electron chi connectivity index (χ1n) is 5.25. The lowest BCUT2D eigenvalue weighted by Gasteiger charge is -2.08. The quantitative estimate of drug-likeness (QED) is 0.782. The minimum Gasteiger partial charge on any atom is -0.363 e. The Morgan fingerprint density at radius 1 is 1.38 bits per heavy atom. The summed E-state index contributed by atoms with van der Waals surface area (Å²) >= 11 is 4.94. The van der Waals surface area contributed by atoms with Gasteiger partial charge in [-0.3, -0.25) is 4.79 Å². The van der Waals surface area contributed by atoms with Crippen molar-refractivity contribution in [2.45, 2.75) is 20.3 Å². The fourth-order valence-corrected chi connectivity index (χ4v) is 1.62. The number of nitrogens with one attached hydrogen (secondary N) is 2. The Balaban J connectivity index is 2.52. The standard InChI is InChI=1S/C12H16N2OS/c1-3-13-12(16)14-11(15)8-10-7-5-4-6-9(10)2/h4-7H,3,8H2,1-2H3,(H2,13,14,15,16). The normalized spacial score (nSPS) is 9.62. The van der Waals surface area contributed by atoms with Crippen molar-refractivity contribution in [3.63, 3.8) is 0 Å². The van der Waals surface area contributed by atoms with E-state index >= 15 is 0 Å². The number of carbonyl (C=O) groups excluding carboxylic acids is 1. The maximum atomic E-state index is 11.6. The number of carbonyl (C=O) groups is 1. The summed E-state index contributed by atoms with van der Waals surface area (Å²) in [6.45, 7) is 4.63. The van der Waals surface area contributed by atoms with Crippen molar-refractivity contribution in [2.24, 2.45) is 0 Å². The average molecular weight is 236 g/mol. The third-order valence-electron chi connectivity index (χ3n) is 2.20. The van der Waals surface area contributed by atoms with Crippen molar-refractivity contribution in [3.05, 3.63) is 35.4 Å². The molecule has 3 nitrogen and oxygen atoms in total. The van der Waals surface area contributed by atoms with E-state index in [4.69, 9.17) is 12.2 Å². The van der Waals surface area contributed by atoms with E-state index in [1.165, 1.54) is 0 Å². The zero-order chi connectivity index (χ0) is 12.0. The highest BCUT2D eigenvalue weighted by Gasteiger charge is 2.06. The van der Waals surface area contributed by atoms with Gasteiger partial charge >= 0.3 is 0 Å². The third-order valence-corrected chi connectivity index (χ3v) is 2.45. The molecule has 0 atom stereocenters. The number of hydrogen-bond donors (Lipinski definition) is 2. The van der Waals surface area contributed by atoms with E-state index in [-0.39, 0.29) is 5.91 Å². The molecule has 0 saturated carbocycles. The van der Waals surface area contributed by atoms with Gasteiger partial charge in [-0.1, -0.05) is 24.3 Å². The Kier molecular flexibility index (Phi) is 4.92. The number of benzene rings is 1. The van der Waals surface area contributed by atoms with Gasteiger partial charge < -0.3 is 10.6 Å². The highest BCUT2D eigenvalue weighted by molar-refractivity contribution is 7.80. The summed E-state index contributed by atoms with van der Waals surface area (Å²) in [6.07, 6.45) is 0.359. The van der Waals surface area contributed by atoms with Crippen molar-refractivity contribution < 1.29 is 4.79 Å². The van der Waals surface area contributed by atoms with Gasteiger partial charge in [-0.2, -0.15) is 0 Å². The van der Waals surface area contributed by atoms with Crippen LogP contribution in [0.5, 0.6) is 0 Å². The molecule has 0 aliphatic heterocycles. The van der Waals surface area contributed by atoms with Gasteiger partial charge in [0.05, 0.1) is 6.42 Å². The van der Waals surface area contributed by atoms with Crippen LogP contribution in [0.1, 0.15) is 18.1 Å².